The SMILES string of the molecule is Clc1ccc(CCc2nccn2C2CCNCC2)cc1. The van der Waals surface area contributed by atoms with Crippen LogP contribution in [0.15, 0.2) is 36.7 Å². The van der Waals surface area contributed by atoms with E-state index in [2.05, 4.69) is 33.2 Å². The monoisotopic (exact) mass is 289 g/mol. The first-order valence-corrected chi connectivity index (χ1v) is 7.67. The van der Waals surface area contributed by atoms with Crippen molar-refractivity contribution in [2.24, 2.45) is 0 Å². The number of hydrogen-bond acceptors (Lipinski definition) is 2. The van der Waals surface area contributed by atoms with E-state index in [0.717, 1.165) is 31.0 Å². The predicted octanol–water partition coefficient (Wildman–Crippen LogP) is 3.25. The Morgan fingerprint density at radius 2 is 1.90 bits per heavy atom. The predicted molar refractivity (Wildman–Crippen MR) is 82.2 cm³/mol. The van der Waals surface area contributed by atoms with Gasteiger partial charge in [-0.25, -0.2) is 4.98 Å². The first-order chi connectivity index (χ1) is 9.83. The summed E-state index contributed by atoms with van der Waals surface area (Å²) in [6.45, 7) is 2.22. The number of imidazole rings is 1. The molecule has 0 amide bonds. The Morgan fingerprint density at radius 3 is 2.65 bits per heavy atom. The fraction of sp³-hybridized carbons (Fsp3) is 0.438. The number of piperidine rings is 1. The average molecular weight is 290 g/mol. The highest BCUT2D eigenvalue weighted by molar-refractivity contribution is 6.30. The summed E-state index contributed by atoms with van der Waals surface area (Å²) in [6.07, 6.45) is 8.46. The van der Waals surface area contributed by atoms with Gasteiger partial charge in [0.1, 0.15) is 5.82 Å². The fourth-order valence-corrected chi connectivity index (χ4v) is 2.99. The quantitative estimate of drug-likeness (QED) is 0.936. The van der Waals surface area contributed by atoms with Crippen molar-refractivity contribution >= 4 is 11.6 Å². The van der Waals surface area contributed by atoms with Crippen molar-refractivity contribution in [3.05, 3.63) is 53.1 Å². The molecule has 1 aromatic carbocycles. The van der Waals surface area contributed by atoms with Gasteiger partial charge in [0.2, 0.25) is 0 Å². The second kappa shape index (κ2) is 6.42. The molecule has 4 heteroatoms. The highest BCUT2D eigenvalue weighted by atomic mass is 35.5. The normalized spacial score (nSPS) is 16.4. The fourth-order valence-electron chi connectivity index (χ4n) is 2.86. The molecule has 3 nitrogen and oxygen atoms in total. The molecule has 0 saturated carbocycles. The lowest BCUT2D eigenvalue weighted by Crippen LogP contribution is -2.30. The van der Waals surface area contributed by atoms with Gasteiger partial charge in [-0.15, -0.1) is 0 Å². The molecular formula is C16H20ClN3. The van der Waals surface area contributed by atoms with Crippen molar-refractivity contribution in [1.82, 2.24) is 14.9 Å². The lowest BCUT2D eigenvalue weighted by Gasteiger charge is -2.25. The zero-order valence-corrected chi connectivity index (χ0v) is 12.3. The molecule has 0 unspecified atom stereocenters. The lowest BCUT2D eigenvalue weighted by molar-refractivity contribution is 0.360. The highest BCUT2D eigenvalue weighted by Gasteiger charge is 2.17. The molecule has 3 rings (SSSR count). The number of nitrogens with one attached hydrogen (secondary N) is 1. The topological polar surface area (TPSA) is 29.9 Å². The first kappa shape index (κ1) is 13.7. The second-order valence-corrected chi connectivity index (χ2v) is 5.79. The van der Waals surface area contributed by atoms with Crippen molar-refractivity contribution in [2.75, 3.05) is 13.1 Å². The average Bonchev–Trinajstić information content (AvgIpc) is 2.96. The number of nitrogens with zero attached hydrogens (tertiary/aromatic N) is 2. The molecule has 106 valence electrons. The van der Waals surface area contributed by atoms with Crippen molar-refractivity contribution in [1.29, 1.82) is 0 Å². The Bertz CT molecular complexity index is 541. The Hall–Kier alpha value is -1.32. The van der Waals surface area contributed by atoms with Gasteiger partial charge in [0.15, 0.2) is 0 Å². The summed E-state index contributed by atoms with van der Waals surface area (Å²) in [5.74, 6) is 1.20. The van der Waals surface area contributed by atoms with Crippen LogP contribution in [0.1, 0.15) is 30.3 Å². The van der Waals surface area contributed by atoms with Crippen LogP contribution in [-0.2, 0) is 12.8 Å². The maximum atomic E-state index is 5.92. The summed E-state index contributed by atoms with van der Waals surface area (Å²) < 4.78 is 2.37. The summed E-state index contributed by atoms with van der Waals surface area (Å²) in [4.78, 5) is 4.54. The van der Waals surface area contributed by atoms with Crippen LogP contribution in [0.3, 0.4) is 0 Å². The largest absolute Gasteiger partial charge is 0.332 e. The number of benzene rings is 1. The van der Waals surface area contributed by atoms with E-state index in [-0.39, 0.29) is 0 Å². The molecular weight excluding hydrogens is 270 g/mol. The van der Waals surface area contributed by atoms with Crippen molar-refractivity contribution in [3.8, 4) is 0 Å². The van der Waals surface area contributed by atoms with E-state index in [1.165, 1.54) is 24.2 Å². The molecule has 2 heterocycles. The van der Waals surface area contributed by atoms with Gasteiger partial charge in [-0.05, 0) is 50.0 Å². The Kier molecular flexibility index (Phi) is 4.38. The van der Waals surface area contributed by atoms with Gasteiger partial charge in [0.25, 0.3) is 0 Å². The van der Waals surface area contributed by atoms with Gasteiger partial charge in [-0.1, -0.05) is 23.7 Å². The van der Waals surface area contributed by atoms with E-state index in [0.29, 0.717) is 6.04 Å². The van der Waals surface area contributed by atoms with Crippen LogP contribution < -0.4 is 5.32 Å². The van der Waals surface area contributed by atoms with Crippen LogP contribution >= 0.6 is 11.6 Å². The Morgan fingerprint density at radius 1 is 1.15 bits per heavy atom. The standard InChI is InChI=1S/C16H20ClN3/c17-14-4-1-13(2-5-14)3-6-16-19-11-12-20(16)15-7-9-18-10-8-15/h1-2,4-5,11-12,15,18H,3,6-10H2. The highest BCUT2D eigenvalue weighted by Crippen LogP contribution is 2.21. The molecule has 1 aliphatic heterocycles. The van der Waals surface area contributed by atoms with Crippen molar-refractivity contribution < 1.29 is 0 Å². The van der Waals surface area contributed by atoms with Crippen LogP contribution in [0.5, 0.6) is 0 Å². The van der Waals surface area contributed by atoms with Gasteiger partial charge < -0.3 is 9.88 Å². The maximum absolute atomic E-state index is 5.92. The molecule has 2 aromatic rings. The van der Waals surface area contributed by atoms with Gasteiger partial charge in [-0.2, -0.15) is 0 Å². The van der Waals surface area contributed by atoms with Crippen molar-refractivity contribution in [2.45, 2.75) is 31.7 Å². The number of halogens is 1. The Labute approximate surface area is 125 Å². The molecule has 0 bridgehead atoms. The Balaban J connectivity index is 1.65. The molecule has 0 radical (unpaired) electrons. The van der Waals surface area contributed by atoms with E-state index in [9.17, 15) is 0 Å². The molecule has 0 aliphatic carbocycles. The zero-order valence-electron chi connectivity index (χ0n) is 11.6. The smallest absolute Gasteiger partial charge is 0.109 e. The lowest BCUT2D eigenvalue weighted by atomic mass is 10.1. The molecule has 1 fully saturated rings. The van der Waals surface area contributed by atoms with Gasteiger partial charge in [0.05, 0.1) is 0 Å². The van der Waals surface area contributed by atoms with E-state index in [1.54, 1.807) is 0 Å². The molecule has 0 spiro atoms. The molecule has 20 heavy (non-hydrogen) atoms. The maximum Gasteiger partial charge on any atom is 0.109 e. The van der Waals surface area contributed by atoms with Crippen LogP contribution in [-0.4, -0.2) is 22.6 Å². The summed E-state index contributed by atoms with van der Waals surface area (Å²) >= 11 is 5.92. The van der Waals surface area contributed by atoms with E-state index >= 15 is 0 Å². The molecule has 1 aliphatic rings. The summed E-state index contributed by atoms with van der Waals surface area (Å²) in [6, 6.07) is 8.71. The van der Waals surface area contributed by atoms with Crippen LogP contribution in [0, 0.1) is 0 Å². The minimum Gasteiger partial charge on any atom is -0.332 e. The number of rotatable bonds is 4. The molecule has 1 saturated heterocycles. The minimum atomic E-state index is 0.610. The minimum absolute atomic E-state index is 0.610. The third-order valence-corrected chi connectivity index (χ3v) is 4.25. The van der Waals surface area contributed by atoms with Gasteiger partial charge >= 0.3 is 0 Å². The summed E-state index contributed by atoms with van der Waals surface area (Å²) in [5, 5.41) is 4.21. The summed E-state index contributed by atoms with van der Waals surface area (Å²) in [5.41, 5.74) is 1.31. The first-order valence-electron chi connectivity index (χ1n) is 7.30. The number of aryl methyl sites for hydroxylation is 2. The van der Waals surface area contributed by atoms with E-state index in [4.69, 9.17) is 11.6 Å². The molecule has 0 atom stereocenters. The third kappa shape index (κ3) is 3.22. The van der Waals surface area contributed by atoms with E-state index < -0.39 is 0 Å². The van der Waals surface area contributed by atoms with Crippen molar-refractivity contribution in [3.63, 3.8) is 0 Å². The number of hydrogen-bond donors (Lipinski definition) is 1. The second-order valence-electron chi connectivity index (χ2n) is 5.36. The van der Waals surface area contributed by atoms with Crippen LogP contribution in [0.4, 0.5) is 0 Å². The van der Waals surface area contributed by atoms with E-state index in [1.807, 2.05) is 18.3 Å². The van der Waals surface area contributed by atoms with Gasteiger partial charge in [-0.3, -0.25) is 0 Å². The van der Waals surface area contributed by atoms with Crippen LogP contribution in [0.25, 0.3) is 0 Å². The van der Waals surface area contributed by atoms with Gasteiger partial charge in [0, 0.05) is 29.9 Å². The third-order valence-electron chi connectivity index (χ3n) is 4.00. The van der Waals surface area contributed by atoms with Crippen LogP contribution in [0.2, 0.25) is 5.02 Å². The molecule has 1 aromatic heterocycles. The zero-order chi connectivity index (χ0) is 13.8. The molecule has 1 N–H and O–H groups in total. The summed E-state index contributed by atoms with van der Waals surface area (Å²) in [7, 11) is 0. The number of aromatic nitrogens is 2.